The lowest BCUT2D eigenvalue weighted by atomic mass is 10.2. The highest BCUT2D eigenvalue weighted by Crippen LogP contribution is 2.16. The maximum Gasteiger partial charge on any atom is 0.345 e. The highest BCUT2D eigenvalue weighted by Gasteiger charge is 2.15. The van der Waals surface area contributed by atoms with Crippen molar-refractivity contribution in [3.05, 3.63) is 21.9 Å². The van der Waals surface area contributed by atoms with E-state index in [2.05, 4.69) is 11.2 Å². The van der Waals surface area contributed by atoms with Crippen molar-refractivity contribution in [2.45, 2.75) is 25.8 Å². The Balaban J connectivity index is 2.69. The molecule has 1 rings (SSSR count). The van der Waals surface area contributed by atoms with Crippen LogP contribution in [0.5, 0.6) is 0 Å². The molecule has 0 fully saturated rings. The number of aromatic carboxylic acids is 1. The van der Waals surface area contributed by atoms with E-state index in [4.69, 9.17) is 11.5 Å². The predicted octanol–water partition coefficient (Wildman–Crippen LogP) is 1.98. The molecule has 0 aliphatic heterocycles. The number of hydrogen-bond donors (Lipinski definition) is 2. The van der Waals surface area contributed by atoms with Gasteiger partial charge in [0, 0.05) is 0 Å². The fourth-order valence-corrected chi connectivity index (χ4v) is 2.04. The number of carboxylic acid groups (broad SMARTS) is 1. The summed E-state index contributed by atoms with van der Waals surface area (Å²) in [6, 6.07) is 2.60. The second-order valence-corrected chi connectivity index (χ2v) is 4.53. The predicted molar refractivity (Wildman–Crippen MR) is 66.3 cm³/mol. The molecule has 1 aromatic rings. The van der Waals surface area contributed by atoms with Gasteiger partial charge in [-0.2, -0.15) is 0 Å². The zero-order chi connectivity index (χ0) is 12.8. The molecule has 0 aliphatic rings. The number of thiophene rings is 1. The number of rotatable bonds is 5. The standard InChI is InChI=1S/C12H13NO3S/c1-3-5-8(4-2)13-11(14)9-6-7-10(17-9)12(15)16/h2,6-8H,3,5H2,1H3,(H,13,14)(H,15,16). The van der Waals surface area contributed by atoms with E-state index in [0.29, 0.717) is 11.3 Å². The van der Waals surface area contributed by atoms with Gasteiger partial charge >= 0.3 is 5.97 Å². The van der Waals surface area contributed by atoms with Crippen molar-refractivity contribution in [3.8, 4) is 12.3 Å². The van der Waals surface area contributed by atoms with Gasteiger partial charge in [0.25, 0.3) is 5.91 Å². The molecule has 4 nitrogen and oxygen atoms in total. The highest BCUT2D eigenvalue weighted by atomic mass is 32.1. The smallest absolute Gasteiger partial charge is 0.345 e. The molecule has 1 aromatic heterocycles. The largest absolute Gasteiger partial charge is 0.477 e. The second-order valence-electron chi connectivity index (χ2n) is 3.45. The number of carbonyl (C=O) groups excluding carboxylic acids is 1. The van der Waals surface area contributed by atoms with E-state index < -0.39 is 5.97 Å². The van der Waals surface area contributed by atoms with Gasteiger partial charge in [0.05, 0.1) is 10.9 Å². The average molecular weight is 251 g/mol. The molecule has 0 saturated heterocycles. The number of hydrogen-bond acceptors (Lipinski definition) is 3. The Kier molecular flexibility index (Phi) is 4.73. The molecular weight excluding hydrogens is 238 g/mol. The topological polar surface area (TPSA) is 66.4 Å². The summed E-state index contributed by atoms with van der Waals surface area (Å²) in [6.07, 6.45) is 6.87. The molecule has 17 heavy (non-hydrogen) atoms. The number of terminal acetylenes is 1. The summed E-state index contributed by atoms with van der Waals surface area (Å²) in [5.41, 5.74) is 0. The number of carboxylic acids is 1. The molecule has 1 heterocycles. The lowest BCUT2D eigenvalue weighted by Crippen LogP contribution is -2.33. The van der Waals surface area contributed by atoms with Crippen LogP contribution in [-0.4, -0.2) is 23.0 Å². The molecule has 1 atom stereocenters. The summed E-state index contributed by atoms with van der Waals surface area (Å²) in [5.74, 6) is 1.14. The van der Waals surface area contributed by atoms with Gasteiger partial charge in [-0.15, -0.1) is 17.8 Å². The Morgan fingerprint density at radius 1 is 1.53 bits per heavy atom. The Morgan fingerprint density at radius 3 is 2.65 bits per heavy atom. The Labute approximate surface area is 104 Å². The highest BCUT2D eigenvalue weighted by molar-refractivity contribution is 7.15. The summed E-state index contributed by atoms with van der Waals surface area (Å²) in [7, 11) is 0. The summed E-state index contributed by atoms with van der Waals surface area (Å²) in [4.78, 5) is 22.9. The van der Waals surface area contributed by atoms with Crippen LogP contribution in [0.4, 0.5) is 0 Å². The fraction of sp³-hybridized carbons (Fsp3) is 0.333. The molecular formula is C12H13NO3S. The summed E-state index contributed by atoms with van der Waals surface area (Å²) >= 11 is 0.939. The molecule has 1 unspecified atom stereocenters. The quantitative estimate of drug-likeness (QED) is 0.786. The van der Waals surface area contributed by atoms with Gasteiger partial charge in [0.15, 0.2) is 0 Å². The van der Waals surface area contributed by atoms with Gasteiger partial charge in [-0.1, -0.05) is 19.3 Å². The third kappa shape index (κ3) is 3.61. The van der Waals surface area contributed by atoms with Crippen LogP contribution in [0.3, 0.4) is 0 Å². The Hall–Kier alpha value is -1.80. The van der Waals surface area contributed by atoms with E-state index in [9.17, 15) is 9.59 Å². The van der Waals surface area contributed by atoms with Crippen LogP contribution >= 0.6 is 11.3 Å². The Bertz CT molecular complexity index is 459. The van der Waals surface area contributed by atoms with Crippen LogP contribution in [0.2, 0.25) is 0 Å². The summed E-state index contributed by atoms with van der Waals surface area (Å²) < 4.78 is 0. The molecule has 2 N–H and O–H groups in total. The number of carbonyl (C=O) groups is 2. The van der Waals surface area contributed by atoms with Crippen LogP contribution in [0.15, 0.2) is 12.1 Å². The summed E-state index contributed by atoms with van der Waals surface area (Å²) in [6.45, 7) is 1.98. The van der Waals surface area contributed by atoms with E-state index in [1.165, 1.54) is 12.1 Å². The van der Waals surface area contributed by atoms with Crippen molar-refractivity contribution < 1.29 is 14.7 Å². The third-order valence-electron chi connectivity index (χ3n) is 2.12. The first-order valence-corrected chi connectivity index (χ1v) is 6.00. The van der Waals surface area contributed by atoms with E-state index in [1.54, 1.807) is 0 Å². The first-order valence-electron chi connectivity index (χ1n) is 5.18. The first-order chi connectivity index (χ1) is 8.08. The molecule has 0 spiro atoms. The van der Waals surface area contributed by atoms with Crippen LogP contribution in [0, 0.1) is 12.3 Å². The van der Waals surface area contributed by atoms with Gasteiger partial charge in [-0.3, -0.25) is 4.79 Å². The van der Waals surface area contributed by atoms with Crippen molar-refractivity contribution in [1.29, 1.82) is 0 Å². The second kappa shape index (κ2) is 6.06. The minimum Gasteiger partial charge on any atom is -0.477 e. The third-order valence-corrected chi connectivity index (χ3v) is 3.20. The zero-order valence-electron chi connectivity index (χ0n) is 9.40. The molecule has 0 aliphatic carbocycles. The van der Waals surface area contributed by atoms with Crippen LogP contribution in [0.25, 0.3) is 0 Å². The van der Waals surface area contributed by atoms with Crippen LogP contribution in [0.1, 0.15) is 39.1 Å². The van der Waals surface area contributed by atoms with Crippen molar-refractivity contribution in [2.24, 2.45) is 0 Å². The Morgan fingerprint density at radius 2 is 2.18 bits per heavy atom. The fourth-order valence-electron chi connectivity index (χ4n) is 1.29. The maximum atomic E-state index is 11.7. The molecule has 0 aromatic carbocycles. The number of nitrogens with one attached hydrogen (secondary N) is 1. The zero-order valence-corrected chi connectivity index (χ0v) is 10.2. The maximum absolute atomic E-state index is 11.7. The van der Waals surface area contributed by atoms with Gasteiger partial charge in [-0.25, -0.2) is 4.79 Å². The van der Waals surface area contributed by atoms with E-state index in [1.807, 2.05) is 6.92 Å². The SMILES string of the molecule is C#CC(CCC)NC(=O)c1ccc(C(=O)O)s1. The minimum atomic E-state index is -1.03. The summed E-state index contributed by atoms with van der Waals surface area (Å²) in [5, 5.41) is 11.4. The van der Waals surface area contributed by atoms with Crippen molar-refractivity contribution >= 4 is 23.2 Å². The monoisotopic (exact) mass is 251 g/mol. The van der Waals surface area contributed by atoms with Gasteiger partial charge in [-0.05, 0) is 18.6 Å². The molecule has 0 saturated carbocycles. The normalized spacial score (nSPS) is 11.5. The first kappa shape index (κ1) is 13.3. The molecule has 5 heteroatoms. The van der Waals surface area contributed by atoms with Gasteiger partial charge < -0.3 is 10.4 Å². The van der Waals surface area contributed by atoms with Crippen molar-refractivity contribution in [1.82, 2.24) is 5.32 Å². The van der Waals surface area contributed by atoms with E-state index >= 15 is 0 Å². The molecule has 0 bridgehead atoms. The van der Waals surface area contributed by atoms with E-state index in [-0.39, 0.29) is 16.8 Å². The lowest BCUT2D eigenvalue weighted by Gasteiger charge is -2.10. The minimum absolute atomic E-state index is 0.142. The van der Waals surface area contributed by atoms with Gasteiger partial charge in [0.1, 0.15) is 4.88 Å². The molecule has 0 radical (unpaired) electrons. The van der Waals surface area contributed by atoms with Gasteiger partial charge in [0.2, 0.25) is 0 Å². The van der Waals surface area contributed by atoms with Crippen LogP contribution < -0.4 is 5.32 Å². The number of amides is 1. The van der Waals surface area contributed by atoms with Crippen molar-refractivity contribution in [2.75, 3.05) is 0 Å². The lowest BCUT2D eigenvalue weighted by molar-refractivity contribution is 0.0702. The molecule has 1 amide bonds. The average Bonchev–Trinajstić information content (AvgIpc) is 2.77. The van der Waals surface area contributed by atoms with Crippen LogP contribution in [-0.2, 0) is 0 Å². The van der Waals surface area contributed by atoms with E-state index in [0.717, 1.165) is 17.8 Å². The van der Waals surface area contributed by atoms with Crippen molar-refractivity contribution in [3.63, 3.8) is 0 Å². The molecule has 90 valence electrons.